The first kappa shape index (κ1) is 12.7. The molecule has 0 spiro atoms. The van der Waals surface area contributed by atoms with E-state index in [4.69, 9.17) is 0 Å². The molecule has 18 heavy (non-hydrogen) atoms. The second kappa shape index (κ2) is 5.75. The lowest BCUT2D eigenvalue weighted by Gasteiger charge is -2.14. The standard InChI is InChI=1S/C13H11BrN2O2/c14-11-6-7-15-12(8-11)13(17)16(18)9-10-4-2-1-3-5-10/h1-8,18H,9H2. The van der Waals surface area contributed by atoms with Gasteiger partial charge >= 0.3 is 0 Å². The summed E-state index contributed by atoms with van der Waals surface area (Å²) in [6.45, 7) is 0.133. The number of halogens is 1. The number of rotatable bonds is 3. The maximum atomic E-state index is 11.9. The molecule has 0 atom stereocenters. The third-order valence-electron chi connectivity index (χ3n) is 2.35. The molecule has 0 saturated carbocycles. The number of hydroxylamine groups is 2. The lowest BCUT2D eigenvalue weighted by Crippen LogP contribution is -2.27. The highest BCUT2D eigenvalue weighted by atomic mass is 79.9. The number of pyridine rings is 1. The summed E-state index contributed by atoms with van der Waals surface area (Å²) in [4.78, 5) is 15.8. The van der Waals surface area contributed by atoms with E-state index in [2.05, 4.69) is 20.9 Å². The zero-order chi connectivity index (χ0) is 13.0. The molecule has 0 aliphatic rings. The van der Waals surface area contributed by atoms with E-state index >= 15 is 0 Å². The van der Waals surface area contributed by atoms with Crippen molar-refractivity contribution in [2.24, 2.45) is 0 Å². The summed E-state index contributed by atoms with van der Waals surface area (Å²) in [6.07, 6.45) is 1.51. The Morgan fingerprint density at radius 2 is 2.00 bits per heavy atom. The fraction of sp³-hybridized carbons (Fsp3) is 0.0769. The van der Waals surface area contributed by atoms with Gasteiger partial charge in [-0.2, -0.15) is 0 Å². The number of aromatic nitrogens is 1. The molecule has 1 aromatic carbocycles. The summed E-state index contributed by atoms with van der Waals surface area (Å²) < 4.78 is 0.744. The van der Waals surface area contributed by atoms with Gasteiger partial charge in [0.1, 0.15) is 5.69 Å². The van der Waals surface area contributed by atoms with Gasteiger partial charge in [-0.1, -0.05) is 46.3 Å². The number of hydrogen-bond donors (Lipinski definition) is 1. The molecule has 92 valence electrons. The third kappa shape index (κ3) is 3.15. The van der Waals surface area contributed by atoms with Crippen LogP contribution in [-0.2, 0) is 6.54 Å². The van der Waals surface area contributed by atoms with Crippen LogP contribution in [0.2, 0.25) is 0 Å². The minimum Gasteiger partial charge on any atom is -0.285 e. The molecule has 0 fully saturated rings. The Morgan fingerprint density at radius 1 is 1.28 bits per heavy atom. The van der Waals surface area contributed by atoms with Crippen LogP contribution in [0.5, 0.6) is 0 Å². The van der Waals surface area contributed by atoms with Gasteiger partial charge in [-0.05, 0) is 17.7 Å². The first-order valence-electron chi connectivity index (χ1n) is 5.33. The van der Waals surface area contributed by atoms with E-state index in [0.29, 0.717) is 5.06 Å². The number of hydrogen-bond acceptors (Lipinski definition) is 3. The van der Waals surface area contributed by atoms with Crippen molar-refractivity contribution in [1.29, 1.82) is 0 Å². The van der Waals surface area contributed by atoms with Crippen LogP contribution in [0.25, 0.3) is 0 Å². The van der Waals surface area contributed by atoms with Crippen LogP contribution in [0.3, 0.4) is 0 Å². The summed E-state index contributed by atoms with van der Waals surface area (Å²) in [5.41, 5.74) is 1.05. The van der Waals surface area contributed by atoms with Crippen LogP contribution in [0, 0.1) is 0 Å². The highest BCUT2D eigenvalue weighted by molar-refractivity contribution is 9.10. The summed E-state index contributed by atoms with van der Waals surface area (Å²) in [6, 6.07) is 12.5. The van der Waals surface area contributed by atoms with E-state index < -0.39 is 5.91 Å². The van der Waals surface area contributed by atoms with Gasteiger partial charge in [-0.15, -0.1) is 0 Å². The summed E-state index contributed by atoms with van der Waals surface area (Å²) in [5, 5.41) is 10.4. The Bertz CT molecular complexity index is 546. The fourth-order valence-electron chi connectivity index (χ4n) is 1.48. The topological polar surface area (TPSA) is 53.4 Å². The molecule has 5 heteroatoms. The van der Waals surface area contributed by atoms with E-state index in [1.54, 1.807) is 12.1 Å². The van der Waals surface area contributed by atoms with Crippen molar-refractivity contribution < 1.29 is 10.0 Å². The van der Waals surface area contributed by atoms with Crippen molar-refractivity contribution in [3.63, 3.8) is 0 Å². The highest BCUT2D eigenvalue weighted by Gasteiger charge is 2.15. The highest BCUT2D eigenvalue weighted by Crippen LogP contribution is 2.12. The Hall–Kier alpha value is -1.72. The maximum absolute atomic E-state index is 11.9. The van der Waals surface area contributed by atoms with Gasteiger partial charge in [0.2, 0.25) is 0 Å². The Labute approximate surface area is 113 Å². The van der Waals surface area contributed by atoms with Crippen LogP contribution >= 0.6 is 15.9 Å². The lowest BCUT2D eigenvalue weighted by molar-refractivity contribution is -0.0652. The van der Waals surface area contributed by atoms with E-state index in [1.165, 1.54) is 6.20 Å². The third-order valence-corrected chi connectivity index (χ3v) is 2.84. The quantitative estimate of drug-likeness (QED) is 0.701. The van der Waals surface area contributed by atoms with Crippen LogP contribution < -0.4 is 0 Å². The predicted octanol–water partition coefficient (Wildman–Crippen LogP) is 2.88. The van der Waals surface area contributed by atoms with Crippen LogP contribution in [0.15, 0.2) is 53.1 Å². The monoisotopic (exact) mass is 306 g/mol. The molecular weight excluding hydrogens is 296 g/mol. The summed E-state index contributed by atoms with van der Waals surface area (Å²) >= 11 is 3.25. The molecule has 1 heterocycles. The average molecular weight is 307 g/mol. The molecule has 2 aromatic rings. The van der Waals surface area contributed by atoms with Gasteiger partial charge in [0, 0.05) is 10.7 Å². The molecule has 0 saturated heterocycles. The molecule has 4 nitrogen and oxygen atoms in total. The fourth-order valence-corrected chi connectivity index (χ4v) is 1.82. The second-order valence-electron chi connectivity index (χ2n) is 3.71. The van der Waals surface area contributed by atoms with Crippen LogP contribution in [-0.4, -0.2) is 21.2 Å². The van der Waals surface area contributed by atoms with Crippen molar-refractivity contribution in [3.05, 3.63) is 64.4 Å². The van der Waals surface area contributed by atoms with Crippen molar-refractivity contribution in [1.82, 2.24) is 10.0 Å². The normalized spacial score (nSPS) is 10.1. The van der Waals surface area contributed by atoms with Crippen molar-refractivity contribution in [2.45, 2.75) is 6.54 Å². The van der Waals surface area contributed by atoms with Crippen LogP contribution in [0.4, 0.5) is 0 Å². The molecule has 0 unspecified atom stereocenters. The van der Waals surface area contributed by atoms with E-state index in [0.717, 1.165) is 10.0 Å². The van der Waals surface area contributed by atoms with Gasteiger partial charge in [0.15, 0.2) is 0 Å². The minimum atomic E-state index is -0.528. The molecule has 1 aromatic heterocycles. The average Bonchev–Trinajstić information content (AvgIpc) is 2.39. The molecule has 0 bridgehead atoms. The Kier molecular flexibility index (Phi) is 4.07. The number of benzene rings is 1. The Morgan fingerprint density at radius 3 is 2.67 bits per heavy atom. The number of carbonyl (C=O) groups is 1. The molecule has 0 aliphatic carbocycles. The van der Waals surface area contributed by atoms with Gasteiger partial charge < -0.3 is 0 Å². The predicted molar refractivity (Wildman–Crippen MR) is 70.0 cm³/mol. The summed E-state index contributed by atoms with van der Waals surface area (Å²) in [7, 11) is 0. The summed E-state index contributed by atoms with van der Waals surface area (Å²) in [5.74, 6) is -0.528. The number of nitrogens with zero attached hydrogens (tertiary/aromatic N) is 2. The van der Waals surface area contributed by atoms with Crippen molar-refractivity contribution in [3.8, 4) is 0 Å². The lowest BCUT2D eigenvalue weighted by atomic mass is 10.2. The van der Waals surface area contributed by atoms with Crippen molar-refractivity contribution >= 4 is 21.8 Å². The van der Waals surface area contributed by atoms with Gasteiger partial charge in [0.25, 0.3) is 5.91 Å². The first-order valence-corrected chi connectivity index (χ1v) is 6.12. The SMILES string of the molecule is O=C(c1cc(Br)ccn1)N(O)Cc1ccccc1. The molecule has 0 aliphatic heterocycles. The van der Waals surface area contributed by atoms with E-state index in [9.17, 15) is 10.0 Å². The first-order chi connectivity index (χ1) is 8.66. The number of amides is 1. The molecule has 1 amide bonds. The minimum absolute atomic E-state index is 0.133. The molecular formula is C13H11BrN2O2. The Balaban J connectivity index is 2.10. The van der Waals surface area contributed by atoms with Gasteiger partial charge in [-0.25, -0.2) is 5.06 Å². The molecule has 2 rings (SSSR count). The largest absolute Gasteiger partial charge is 0.296 e. The molecule has 1 N–H and O–H groups in total. The second-order valence-corrected chi connectivity index (χ2v) is 4.62. The zero-order valence-corrected chi connectivity index (χ0v) is 11.0. The van der Waals surface area contributed by atoms with Gasteiger partial charge in [0.05, 0.1) is 6.54 Å². The van der Waals surface area contributed by atoms with Crippen molar-refractivity contribution in [2.75, 3.05) is 0 Å². The zero-order valence-electron chi connectivity index (χ0n) is 9.45. The number of carbonyl (C=O) groups excluding carboxylic acids is 1. The smallest absolute Gasteiger partial charge is 0.285 e. The molecule has 0 radical (unpaired) electrons. The maximum Gasteiger partial charge on any atom is 0.296 e. The van der Waals surface area contributed by atoms with E-state index in [1.807, 2.05) is 30.3 Å². The van der Waals surface area contributed by atoms with Crippen LogP contribution in [0.1, 0.15) is 16.1 Å². The van der Waals surface area contributed by atoms with Gasteiger partial charge in [-0.3, -0.25) is 15.0 Å². The van der Waals surface area contributed by atoms with E-state index in [-0.39, 0.29) is 12.2 Å².